The van der Waals surface area contributed by atoms with Crippen molar-refractivity contribution in [3.05, 3.63) is 36.2 Å². The molecule has 2 heterocycles. The number of rotatable bonds is 3. The molecule has 0 fully saturated rings. The first-order chi connectivity index (χ1) is 9.43. The molecular formula is C15H17N3O2. The Labute approximate surface area is 118 Å². The second-order valence-corrected chi connectivity index (χ2v) is 5.40. The molecule has 0 unspecified atom stereocenters. The van der Waals surface area contributed by atoms with Crippen molar-refractivity contribution in [3.8, 4) is 17.4 Å². The molecular weight excluding hydrogens is 254 g/mol. The minimum Gasteiger partial charge on any atom is -0.481 e. The number of methoxy groups -OCH3 is 1. The lowest BCUT2D eigenvalue weighted by atomic mass is 9.86. The van der Waals surface area contributed by atoms with Gasteiger partial charge in [-0.2, -0.15) is 0 Å². The number of pyridine rings is 1. The molecule has 2 aromatic heterocycles. The van der Waals surface area contributed by atoms with E-state index in [2.05, 4.69) is 15.0 Å². The number of hydrogen-bond acceptors (Lipinski definition) is 5. The number of nitrogens with zero attached hydrogens (tertiary/aromatic N) is 3. The van der Waals surface area contributed by atoms with Gasteiger partial charge in [-0.1, -0.05) is 20.8 Å². The van der Waals surface area contributed by atoms with Gasteiger partial charge in [0, 0.05) is 29.4 Å². The van der Waals surface area contributed by atoms with Crippen LogP contribution in [-0.2, 0) is 0 Å². The molecule has 0 saturated heterocycles. The average molecular weight is 271 g/mol. The van der Waals surface area contributed by atoms with Gasteiger partial charge in [0.2, 0.25) is 5.88 Å². The number of ketones is 1. The van der Waals surface area contributed by atoms with Gasteiger partial charge in [-0.05, 0) is 12.1 Å². The van der Waals surface area contributed by atoms with E-state index < -0.39 is 5.41 Å². The van der Waals surface area contributed by atoms with Crippen molar-refractivity contribution in [1.29, 1.82) is 0 Å². The molecule has 0 bridgehead atoms. The molecule has 5 heteroatoms. The van der Waals surface area contributed by atoms with Crippen molar-refractivity contribution < 1.29 is 9.53 Å². The number of Topliss-reactive ketones (excluding diaryl/α,β-unsaturated/α-hetero) is 1. The third-order valence-corrected chi connectivity index (χ3v) is 2.78. The van der Waals surface area contributed by atoms with Gasteiger partial charge in [0.05, 0.1) is 7.11 Å². The Morgan fingerprint density at radius 1 is 1.15 bits per heavy atom. The Hall–Kier alpha value is -2.30. The van der Waals surface area contributed by atoms with Gasteiger partial charge in [0.1, 0.15) is 5.69 Å². The fourth-order valence-corrected chi connectivity index (χ4v) is 1.73. The van der Waals surface area contributed by atoms with Crippen LogP contribution >= 0.6 is 0 Å². The predicted molar refractivity (Wildman–Crippen MR) is 75.6 cm³/mol. The van der Waals surface area contributed by atoms with E-state index in [-0.39, 0.29) is 5.78 Å². The van der Waals surface area contributed by atoms with E-state index in [1.54, 1.807) is 30.6 Å². The lowest BCUT2D eigenvalue weighted by Gasteiger charge is -2.18. The standard InChI is InChI=1S/C15H17N3O2/c1-15(2,3)13(19)10-6-7-11(20-4)18-12(10)14-16-8-5-9-17-14/h5-9H,1-4H3. The first kappa shape index (κ1) is 14.1. The molecule has 0 aromatic carbocycles. The Kier molecular flexibility index (Phi) is 3.79. The zero-order valence-corrected chi connectivity index (χ0v) is 12.0. The van der Waals surface area contributed by atoms with Gasteiger partial charge in [-0.15, -0.1) is 0 Å². The second kappa shape index (κ2) is 5.36. The first-order valence-corrected chi connectivity index (χ1v) is 6.30. The molecule has 0 aliphatic rings. The van der Waals surface area contributed by atoms with Gasteiger partial charge in [0.15, 0.2) is 11.6 Å². The smallest absolute Gasteiger partial charge is 0.213 e. The zero-order chi connectivity index (χ0) is 14.8. The number of aromatic nitrogens is 3. The Bertz CT molecular complexity index is 619. The van der Waals surface area contributed by atoms with Crippen LogP contribution in [0.1, 0.15) is 31.1 Å². The molecule has 0 radical (unpaired) electrons. The maximum Gasteiger partial charge on any atom is 0.213 e. The number of hydrogen-bond donors (Lipinski definition) is 0. The van der Waals surface area contributed by atoms with Gasteiger partial charge in [-0.25, -0.2) is 15.0 Å². The molecule has 0 aliphatic heterocycles. The van der Waals surface area contributed by atoms with Crippen LogP contribution in [0.15, 0.2) is 30.6 Å². The second-order valence-electron chi connectivity index (χ2n) is 5.40. The fraction of sp³-hybridized carbons (Fsp3) is 0.333. The number of carbonyl (C=O) groups is 1. The van der Waals surface area contributed by atoms with Crippen LogP contribution < -0.4 is 4.74 Å². The van der Waals surface area contributed by atoms with Crippen LogP contribution in [0.2, 0.25) is 0 Å². The molecule has 20 heavy (non-hydrogen) atoms. The Morgan fingerprint density at radius 2 is 1.80 bits per heavy atom. The predicted octanol–water partition coefficient (Wildman–Crippen LogP) is 2.78. The highest BCUT2D eigenvalue weighted by Gasteiger charge is 2.27. The molecule has 0 N–H and O–H groups in total. The SMILES string of the molecule is COc1ccc(C(=O)C(C)(C)C)c(-c2ncccn2)n1. The van der Waals surface area contributed by atoms with Crippen molar-refractivity contribution in [3.63, 3.8) is 0 Å². The molecule has 104 valence electrons. The molecule has 2 rings (SSSR count). The van der Waals surface area contributed by atoms with E-state index in [9.17, 15) is 4.79 Å². The summed E-state index contributed by atoms with van der Waals surface area (Å²) in [6, 6.07) is 5.10. The summed E-state index contributed by atoms with van der Waals surface area (Å²) in [6.07, 6.45) is 3.24. The van der Waals surface area contributed by atoms with Crippen LogP contribution in [0.4, 0.5) is 0 Å². The molecule has 0 spiro atoms. The minimum atomic E-state index is -0.500. The summed E-state index contributed by atoms with van der Waals surface area (Å²) >= 11 is 0. The first-order valence-electron chi connectivity index (χ1n) is 6.30. The Morgan fingerprint density at radius 3 is 2.35 bits per heavy atom. The molecule has 5 nitrogen and oxygen atoms in total. The van der Waals surface area contributed by atoms with Crippen LogP contribution in [-0.4, -0.2) is 27.8 Å². The van der Waals surface area contributed by atoms with Crippen molar-refractivity contribution in [1.82, 2.24) is 15.0 Å². The minimum absolute atomic E-state index is 0.00453. The van der Waals surface area contributed by atoms with Crippen LogP contribution in [0.5, 0.6) is 5.88 Å². The lowest BCUT2D eigenvalue weighted by Crippen LogP contribution is -2.21. The molecule has 0 saturated carbocycles. The van der Waals surface area contributed by atoms with Gasteiger partial charge >= 0.3 is 0 Å². The molecule has 2 aromatic rings. The van der Waals surface area contributed by atoms with Crippen molar-refractivity contribution in [2.75, 3.05) is 7.11 Å². The summed E-state index contributed by atoms with van der Waals surface area (Å²) in [5.74, 6) is 0.840. The topological polar surface area (TPSA) is 65.0 Å². The molecule has 0 amide bonds. The maximum atomic E-state index is 12.5. The third-order valence-electron chi connectivity index (χ3n) is 2.78. The number of carbonyl (C=O) groups excluding carboxylic acids is 1. The Balaban J connectivity index is 2.61. The largest absolute Gasteiger partial charge is 0.481 e. The van der Waals surface area contributed by atoms with Crippen molar-refractivity contribution in [2.24, 2.45) is 5.41 Å². The summed E-state index contributed by atoms with van der Waals surface area (Å²) in [5, 5.41) is 0. The summed E-state index contributed by atoms with van der Waals surface area (Å²) in [5.41, 5.74) is 0.453. The lowest BCUT2D eigenvalue weighted by molar-refractivity contribution is 0.0858. The number of ether oxygens (including phenoxy) is 1. The quantitative estimate of drug-likeness (QED) is 0.803. The van der Waals surface area contributed by atoms with Gasteiger partial charge < -0.3 is 4.74 Å². The maximum absolute atomic E-state index is 12.5. The van der Waals surface area contributed by atoms with E-state index in [4.69, 9.17) is 4.74 Å². The summed E-state index contributed by atoms with van der Waals surface area (Å²) in [7, 11) is 1.53. The highest BCUT2D eigenvalue weighted by Crippen LogP contribution is 2.28. The van der Waals surface area contributed by atoms with Crippen LogP contribution in [0.25, 0.3) is 11.5 Å². The van der Waals surface area contributed by atoms with E-state index in [1.807, 2.05) is 20.8 Å². The normalized spacial score (nSPS) is 11.2. The average Bonchev–Trinajstić information content (AvgIpc) is 2.46. The van der Waals surface area contributed by atoms with Crippen LogP contribution in [0, 0.1) is 5.41 Å². The highest BCUT2D eigenvalue weighted by atomic mass is 16.5. The molecule has 0 aliphatic carbocycles. The van der Waals surface area contributed by atoms with Crippen molar-refractivity contribution in [2.45, 2.75) is 20.8 Å². The zero-order valence-electron chi connectivity index (χ0n) is 12.0. The van der Waals surface area contributed by atoms with Crippen LogP contribution in [0.3, 0.4) is 0 Å². The monoisotopic (exact) mass is 271 g/mol. The van der Waals surface area contributed by atoms with E-state index in [1.165, 1.54) is 7.11 Å². The summed E-state index contributed by atoms with van der Waals surface area (Å²) < 4.78 is 5.12. The van der Waals surface area contributed by atoms with E-state index in [0.717, 1.165) is 0 Å². The highest BCUT2D eigenvalue weighted by molar-refractivity contribution is 6.04. The fourth-order valence-electron chi connectivity index (χ4n) is 1.73. The summed E-state index contributed by atoms with van der Waals surface area (Å²) in [6.45, 7) is 5.61. The van der Waals surface area contributed by atoms with E-state index in [0.29, 0.717) is 23.0 Å². The van der Waals surface area contributed by atoms with Gasteiger partial charge in [-0.3, -0.25) is 4.79 Å². The molecule has 0 atom stereocenters. The van der Waals surface area contributed by atoms with Gasteiger partial charge in [0.25, 0.3) is 0 Å². The third kappa shape index (κ3) is 2.82. The van der Waals surface area contributed by atoms with Crippen molar-refractivity contribution >= 4 is 5.78 Å². The van der Waals surface area contributed by atoms with E-state index >= 15 is 0 Å². The summed E-state index contributed by atoms with van der Waals surface area (Å²) in [4.78, 5) is 25.2.